The van der Waals surface area contributed by atoms with Crippen LogP contribution in [0.1, 0.15) is 91.4 Å². The van der Waals surface area contributed by atoms with Crippen LogP contribution in [0.3, 0.4) is 0 Å². The number of rotatable bonds is 7. The topological polar surface area (TPSA) is 0 Å². The van der Waals surface area contributed by atoms with Gasteiger partial charge in [-0.25, -0.2) is 0 Å². The summed E-state index contributed by atoms with van der Waals surface area (Å²) in [5, 5.41) is 0. The van der Waals surface area contributed by atoms with Crippen LogP contribution in [0.2, 0.25) is 0 Å². The Labute approximate surface area is 292 Å². The largest absolute Gasteiger partial charge is 1.00 e. The van der Waals surface area contributed by atoms with Crippen LogP contribution in [0, 0.1) is 0 Å². The minimum atomic E-state index is -2.47. The number of benzene rings is 4. The second-order valence-electron chi connectivity index (χ2n) is 14.5. The van der Waals surface area contributed by atoms with E-state index >= 15 is 0 Å². The van der Waals surface area contributed by atoms with Crippen molar-refractivity contribution in [1.82, 2.24) is 0 Å². The first-order chi connectivity index (χ1) is 20.6. The molecule has 0 nitrogen and oxygen atoms in total. The minimum Gasteiger partial charge on any atom is -1.00 e. The molecule has 0 radical (unpaired) electrons. The molecule has 0 spiro atoms. The number of hydrogen-bond acceptors (Lipinski definition) is 0. The minimum absolute atomic E-state index is 0. The zero-order valence-corrected chi connectivity index (χ0v) is 31.6. The monoisotopic (exact) mass is 710 g/mol. The summed E-state index contributed by atoms with van der Waals surface area (Å²) in [6.45, 7) is 14.1. The molecule has 4 aromatic rings. The van der Waals surface area contributed by atoms with Gasteiger partial charge in [-0.05, 0) is 0 Å². The molecule has 4 aromatic carbocycles. The van der Waals surface area contributed by atoms with Gasteiger partial charge in [-0.15, -0.1) is 0 Å². The zero-order chi connectivity index (χ0) is 30.2. The van der Waals surface area contributed by atoms with Gasteiger partial charge in [0.1, 0.15) is 0 Å². The Morgan fingerprint density at radius 2 is 1.18 bits per heavy atom. The maximum atomic E-state index is 2.55. The van der Waals surface area contributed by atoms with E-state index in [2.05, 4.69) is 157 Å². The summed E-state index contributed by atoms with van der Waals surface area (Å²) >= 11 is -2.47. The summed E-state index contributed by atoms with van der Waals surface area (Å²) < 4.78 is 4.11. The number of fused-ring (bicyclic) bond motifs is 3. The molecule has 0 saturated heterocycles. The van der Waals surface area contributed by atoms with E-state index in [0.717, 1.165) is 19.3 Å². The summed E-state index contributed by atoms with van der Waals surface area (Å²) in [7, 11) is 0. The molecule has 0 saturated carbocycles. The molecule has 232 valence electrons. The van der Waals surface area contributed by atoms with E-state index < -0.39 is 21.3 Å². The molecule has 0 atom stereocenters. The third-order valence-corrected chi connectivity index (χ3v) is 17.8. The van der Waals surface area contributed by atoms with Gasteiger partial charge in [0.2, 0.25) is 0 Å². The molecule has 0 bridgehead atoms. The molecule has 0 unspecified atom stereocenters. The quantitative estimate of drug-likeness (QED) is 0.257. The fourth-order valence-electron chi connectivity index (χ4n) is 6.86. The van der Waals surface area contributed by atoms with E-state index in [0.29, 0.717) is 3.63 Å². The molecular formula is C42H46Cl2Zr. The average molecular weight is 713 g/mol. The number of hydrogen-bond donors (Lipinski definition) is 0. The van der Waals surface area contributed by atoms with Crippen molar-refractivity contribution < 1.29 is 46.1 Å². The van der Waals surface area contributed by atoms with Gasteiger partial charge in [-0.1, -0.05) is 0 Å². The van der Waals surface area contributed by atoms with Crippen molar-refractivity contribution in [3.63, 3.8) is 0 Å². The van der Waals surface area contributed by atoms with Gasteiger partial charge in [-0.3, -0.25) is 0 Å². The molecular weight excluding hydrogens is 667 g/mol. The SMILES string of the molecule is CC(C)(C)c1ccc2c(c1)-c1cc(C(C)(C)C)ccc1[CH]2/[Zr+2]([C]1=CC=CC1)=[C](\CCc1ccccc1)Cc1ccccc1.[Cl-].[Cl-]. The third kappa shape index (κ3) is 7.81. The van der Waals surface area contributed by atoms with E-state index in [4.69, 9.17) is 0 Å². The normalized spacial score (nSPS) is 14.2. The number of aryl methyl sites for hydroxylation is 1. The van der Waals surface area contributed by atoms with Crippen molar-refractivity contribution in [3.05, 3.63) is 152 Å². The average Bonchev–Trinajstić information content (AvgIpc) is 3.63. The summed E-state index contributed by atoms with van der Waals surface area (Å²) in [6.07, 6.45) is 11.7. The van der Waals surface area contributed by atoms with Crippen molar-refractivity contribution >= 4 is 3.21 Å². The summed E-state index contributed by atoms with van der Waals surface area (Å²) in [6, 6.07) is 37.4. The molecule has 45 heavy (non-hydrogen) atoms. The van der Waals surface area contributed by atoms with Crippen molar-refractivity contribution in [2.24, 2.45) is 0 Å². The summed E-state index contributed by atoms with van der Waals surface area (Å²) in [5.74, 6) is 0. The van der Waals surface area contributed by atoms with Crippen LogP contribution >= 0.6 is 0 Å². The summed E-state index contributed by atoms with van der Waals surface area (Å²) in [5.41, 5.74) is 12.2. The van der Waals surface area contributed by atoms with Crippen LogP contribution in [0.4, 0.5) is 0 Å². The van der Waals surface area contributed by atoms with Gasteiger partial charge >= 0.3 is 269 Å². The van der Waals surface area contributed by atoms with Gasteiger partial charge in [-0.2, -0.15) is 0 Å². The standard InChI is InChI=1S/C21H25.C16H16.C5H5.2ClH.Zr/c1-20(2,3)16-9-7-14-11-15-8-10-17(21(4,5)6)13-19(15)18(14)12-16;1-3-9-15(10-4-1)13-7-8-14-16-11-5-2-6-12-16;1-2-4-5-3-1;;;/h7-13H,1-6H3;1-6,9-12H,7,13-14H2;1-3H,4H2;2*1H;/q;;;;;+2/p-2. The first-order valence-corrected chi connectivity index (χ1v) is 19.9. The fourth-order valence-corrected chi connectivity index (χ4v) is 16.1. The van der Waals surface area contributed by atoms with Crippen LogP contribution in [0.5, 0.6) is 0 Å². The molecule has 0 heterocycles. The van der Waals surface area contributed by atoms with Crippen LogP contribution < -0.4 is 24.8 Å². The Kier molecular flexibility index (Phi) is 11.6. The molecule has 0 amide bonds. The zero-order valence-electron chi connectivity index (χ0n) is 27.6. The Bertz CT molecular complexity index is 1650. The van der Waals surface area contributed by atoms with E-state index in [9.17, 15) is 0 Å². The molecule has 3 heteroatoms. The van der Waals surface area contributed by atoms with E-state index in [1.807, 2.05) is 3.21 Å². The first kappa shape index (κ1) is 35.5. The van der Waals surface area contributed by atoms with Crippen molar-refractivity contribution in [3.8, 4) is 11.1 Å². The van der Waals surface area contributed by atoms with E-state index in [1.54, 1.807) is 14.4 Å². The molecule has 2 aliphatic rings. The maximum Gasteiger partial charge on any atom is -1.00 e. The van der Waals surface area contributed by atoms with Crippen molar-refractivity contribution in [1.29, 1.82) is 0 Å². The Hall–Kier alpha value is -2.31. The predicted octanol–water partition coefficient (Wildman–Crippen LogP) is 4.87. The van der Waals surface area contributed by atoms with Crippen LogP contribution in [0.15, 0.2) is 119 Å². The molecule has 0 fully saturated rings. The van der Waals surface area contributed by atoms with Gasteiger partial charge in [0.05, 0.1) is 0 Å². The molecule has 0 aromatic heterocycles. The van der Waals surface area contributed by atoms with Crippen molar-refractivity contribution in [2.45, 2.75) is 81.7 Å². The second-order valence-corrected chi connectivity index (χ2v) is 21.3. The van der Waals surface area contributed by atoms with Gasteiger partial charge in [0.15, 0.2) is 0 Å². The van der Waals surface area contributed by atoms with Crippen molar-refractivity contribution in [2.75, 3.05) is 0 Å². The van der Waals surface area contributed by atoms with Gasteiger partial charge < -0.3 is 24.8 Å². The second kappa shape index (κ2) is 14.6. The van der Waals surface area contributed by atoms with Crippen LogP contribution in [-0.2, 0) is 44.9 Å². The molecule has 0 aliphatic heterocycles. The van der Waals surface area contributed by atoms with Gasteiger partial charge in [0, 0.05) is 0 Å². The molecule has 0 N–H and O–H groups in total. The molecule has 6 rings (SSSR count). The number of halogens is 2. The Morgan fingerprint density at radius 1 is 0.667 bits per heavy atom. The van der Waals surface area contributed by atoms with Crippen LogP contribution in [-0.4, -0.2) is 3.21 Å². The summed E-state index contributed by atoms with van der Waals surface area (Å²) in [4.78, 5) is 0. The van der Waals surface area contributed by atoms with Crippen LogP contribution in [0.25, 0.3) is 11.1 Å². The first-order valence-electron chi connectivity index (χ1n) is 16.0. The smallest absolute Gasteiger partial charge is 1.00 e. The van der Waals surface area contributed by atoms with E-state index in [1.165, 1.54) is 39.8 Å². The van der Waals surface area contributed by atoms with Gasteiger partial charge in [0.25, 0.3) is 0 Å². The third-order valence-electron chi connectivity index (χ3n) is 9.36. The Balaban J connectivity index is 0.00000230. The molecule has 2 aliphatic carbocycles. The van der Waals surface area contributed by atoms with E-state index in [-0.39, 0.29) is 35.6 Å². The maximum absolute atomic E-state index is 2.55. The predicted molar refractivity (Wildman–Crippen MR) is 183 cm³/mol. The Morgan fingerprint density at radius 3 is 1.64 bits per heavy atom. The fraction of sp³-hybridized carbons (Fsp3) is 0.310. The number of allylic oxidation sites excluding steroid dienone is 4.